The van der Waals surface area contributed by atoms with Gasteiger partial charge in [0, 0.05) is 12.0 Å². The van der Waals surface area contributed by atoms with Gasteiger partial charge in [-0.1, -0.05) is 6.07 Å². The highest BCUT2D eigenvalue weighted by Gasteiger charge is 2.28. The van der Waals surface area contributed by atoms with Gasteiger partial charge in [-0.2, -0.15) is 0 Å². The van der Waals surface area contributed by atoms with E-state index in [1.165, 1.54) is 30.4 Å². The standard InChI is InChI=1S/C17H20N2O2/c20-13-7-6-11-2-1-3-16(15(11)8-13)18-9-14-10-19-17(21-14)12-4-5-12/h6-8,10,12,16,18,20H,1-5,9H2. The molecule has 1 heterocycles. The Kier molecular flexibility index (Phi) is 3.19. The zero-order valence-corrected chi connectivity index (χ0v) is 12.0. The molecule has 1 atom stereocenters. The van der Waals surface area contributed by atoms with E-state index in [0.29, 0.717) is 18.2 Å². The molecule has 1 fully saturated rings. The van der Waals surface area contributed by atoms with Gasteiger partial charge in [0.05, 0.1) is 12.7 Å². The zero-order valence-electron chi connectivity index (χ0n) is 12.0. The van der Waals surface area contributed by atoms with Crippen LogP contribution in [0.25, 0.3) is 0 Å². The van der Waals surface area contributed by atoms with E-state index in [0.717, 1.165) is 24.5 Å². The number of hydrogen-bond acceptors (Lipinski definition) is 4. The minimum Gasteiger partial charge on any atom is -0.508 e. The van der Waals surface area contributed by atoms with E-state index in [-0.39, 0.29) is 6.04 Å². The molecule has 2 N–H and O–H groups in total. The quantitative estimate of drug-likeness (QED) is 0.903. The van der Waals surface area contributed by atoms with Crippen LogP contribution in [0.3, 0.4) is 0 Å². The monoisotopic (exact) mass is 284 g/mol. The van der Waals surface area contributed by atoms with E-state index in [9.17, 15) is 5.11 Å². The molecular formula is C17H20N2O2. The fraction of sp³-hybridized carbons (Fsp3) is 0.471. The summed E-state index contributed by atoms with van der Waals surface area (Å²) >= 11 is 0. The van der Waals surface area contributed by atoms with Gasteiger partial charge in [-0.05, 0) is 55.4 Å². The van der Waals surface area contributed by atoms with Crippen molar-refractivity contribution in [1.29, 1.82) is 0 Å². The normalized spacial score (nSPS) is 21.2. The van der Waals surface area contributed by atoms with Crippen LogP contribution in [0.2, 0.25) is 0 Å². The maximum absolute atomic E-state index is 9.71. The number of phenolic OH excluding ortho intramolecular Hbond substituents is 1. The number of aryl methyl sites for hydroxylation is 1. The van der Waals surface area contributed by atoms with Gasteiger partial charge >= 0.3 is 0 Å². The minimum absolute atomic E-state index is 0.287. The summed E-state index contributed by atoms with van der Waals surface area (Å²) in [4.78, 5) is 4.35. The van der Waals surface area contributed by atoms with Gasteiger partial charge in [-0.25, -0.2) is 4.98 Å². The number of aromatic nitrogens is 1. The van der Waals surface area contributed by atoms with Crippen molar-refractivity contribution in [2.75, 3.05) is 0 Å². The first-order chi connectivity index (χ1) is 10.3. The van der Waals surface area contributed by atoms with Gasteiger partial charge in [0.25, 0.3) is 0 Å². The molecule has 4 heteroatoms. The lowest BCUT2D eigenvalue weighted by Gasteiger charge is -2.26. The molecule has 1 unspecified atom stereocenters. The number of rotatable bonds is 4. The van der Waals surface area contributed by atoms with Gasteiger partial charge in [-0.3, -0.25) is 0 Å². The highest BCUT2D eigenvalue weighted by atomic mass is 16.4. The number of phenols is 1. The number of hydrogen-bond donors (Lipinski definition) is 2. The molecule has 110 valence electrons. The summed E-state index contributed by atoms with van der Waals surface area (Å²) < 4.78 is 5.79. The third-order valence-electron chi connectivity index (χ3n) is 4.46. The molecule has 0 amide bonds. The molecule has 0 radical (unpaired) electrons. The largest absolute Gasteiger partial charge is 0.508 e. The van der Waals surface area contributed by atoms with E-state index >= 15 is 0 Å². The molecule has 0 aliphatic heterocycles. The van der Waals surface area contributed by atoms with Crippen LogP contribution in [0.4, 0.5) is 0 Å². The van der Waals surface area contributed by atoms with Gasteiger partial charge in [0.2, 0.25) is 0 Å². The molecule has 4 nitrogen and oxygen atoms in total. The Hall–Kier alpha value is -1.81. The first kappa shape index (κ1) is 12.9. The van der Waals surface area contributed by atoms with Crippen LogP contribution in [-0.2, 0) is 13.0 Å². The van der Waals surface area contributed by atoms with E-state index in [2.05, 4.69) is 10.3 Å². The lowest BCUT2D eigenvalue weighted by molar-refractivity contribution is 0.399. The average Bonchev–Trinajstić information content (AvgIpc) is 3.24. The molecule has 1 aromatic heterocycles. The maximum Gasteiger partial charge on any atom is 0.197 e. The Morgan fingerprint density at radius 3 is 3.05 bits per heavy atom. The second-order valence-corrected chi connectivity index (χ2v) is 6.15. The van der Waals surface area contributed by atoms with Crippen LogP contribution < -0.4 is 5.32 Å². The molecule has 0 saturated heterocycles. The summed E-state index contributed by atoms with van der Waals surface area (Å²) in [7, 11) is 0. The molecule has 0 spiro atoms. The Morgan fingerprint density at radius 2 is 2.19 bits per heavy atom. The summed E-state index contributed by atoms with van der Waals surface area (Å²) in [6, 6.07) is 6.00. The number of oxazole rings is 1. The van der Waals surface area contributed by atoms with Gasteiger partial charge < -0.3 is 14.8 Å². The second-order valence-electron chi connectivity index (χ2n) is 6.15. The van der Waals surface area contributed by atoms with Crippen LogP contribution in [0.15, 0.2) is 28.8 Å². The third-order valence-corrected chi connectivity index (χ3v) is 4.46. The molecule has 2 aromatic rings. The molecular weight excluding hydrogens is 264 g/mol. The fourth-order valence-electron chi connectivity index (χ4n) is 3.15. The van der Waals surface area contributed by atoms with Gasteiger partial charge in [0.15, 0.2) is 5.89 Å². The molecule has 1 aromatic carbocycles. The van der Waals surface area contributed by atoms with Crippen LogP contribution in [0.5, 0.6) is 5.75 Å². The molecule has 4 rings (SSSR count). The SMILES string of the molecule is Oc1ccc2c(c1)C(NCc1cnc(C3CC3)o1)CCC2. The number of benzene rings is 1. The average molecular weight is 284 g/mol. The van der Waals surface area contributed by atoms with E-state index in [4.69, 9.17) is 4.42 Å². The molecule has 1 saturated carbocycles. The summed E-state index contributed by atoms with van der Waals surface area (Å²) in [6.07, 6.45) is 7.64. The van der Waals surface area contributed by atoms with Crippen molar-refractivity contribution in [2.24, 2.45) is 0 Å². The highest BCUT2D eigenvalue weighted by molar-refractivity contribution is 5.38. The van der Waals surface area contributed by atoms with E-state index in [1.54, 1.807) is 6.07 Å². The highest BCUT2D eigenvalue weighted by Crippen LogP contribution is 2.39. The van der Waals surface area contributed by atoms with Gasteiger partial charge in [-0.15, -0.1) is 0 Å². The van der Waals surface area contributed by atoms with Crippen LogP contribution in [0, 0.1) is 0 Å². The number of aromatic hydroxyl groups is 1. The van der Waals surface area contributed by atoms with Crippen molar-refractivity contribution in [3.8, 4) is 5.75 Å². The first-order valence-corrected chi connectivity index (χ1v) is 7.79. The summed E-state index contributed by atoms with van der Waals surface area (Å²) in [6.45, 7) is 0.694. The van der Waals surface area contributed by atoms with Crippen molar-refractivity contribution >= 4 is 0 Å². The van der Waals surface area contributed by atoms with Crippen molar-refractivity contribution in [2.45, 2.75) is 50.6 Å². The second kappa shape index (κ2) is 5.19. The lowest BCUT2D eigenvalue weighted by Crippen LogP contribution is -2.24. The molecule has 2 aliphatic carbocycles. The predicted octanol–water partition coefficient (Wildman–Crippen LogP) is 3.42. The fourth-order valence-corrected chi connectivity index (χ4v) is 3.15. The lowest BCUT2D eigenvalue weighted by atomic mass is 9.87. The predicted molar refractivity (Wildman–Crippen MR) is 79.1 cm³/mol. The Bertz CT molecular complexity index is 646. The summed E-state index contributed by atoms with van der Waals surface area (Å²) in [5, 5.41) is 13.3. The Morgan fingerprint density at radius 1 is 1.29 bits per heavy atom. The number of fused-ring (bicyclic) bond motifs is 1. The van der Waals surface area contributed by atoms with Crippen LogP contribution >= 0.6 is 0 Å². The van der Waals surface area contributed by atoms with E-state index < -0.39 is 0 Å². The summed E-state index contributed by atoms with van der Waals surface area (Å²) in [5.41, 5.74) is 2.57. The minimum atomic E-state index is 0.287. The topological polar surface area (TPSA) is 58.3 Å². The first-order valence-electron chi connectivity index (χ1n) is 7.79. The van der Waals surface area contributed by atoms with Crippen molar-refractivity contribution in [3.05, 3.63) is 47.2 Å². The van der Waals surface area contributed by atoms with Crippen molar-refractivity contribution in [3.63, 3.8) is 0 Å². The third kappa shape index (κ3) is 2.68. The molecule has 2 aliphatic rings. The number of nitrogens with one attached hydrogen (secondary N) is 1. The zero-order chi connectivity index (χ0) is 14.2. The van der Waals surface area contributed by atoms with Gasteiger partial charge in [0.1, 0.15) is 11.5 Å². The van der Waals surface area contributed by atoms with E-state index in [1.807, 2.05) is 18.3 Å². The summed E-state index contributed by atoms with van der Waals surface area (Å²) in [5.74, 6) is 2.71. The Balaban J connectivity index is 1.46. The maximum atomic E-state index is 9.71. The smallest absolute Gasteiger partial charge is 0.197 e. The number of nitrogens with zero attached hydrogens (tertiary/aromatic N) is 1. The van der Waals surface area contributed by atoms with Crippen molar-refractivity contribution < 1.29 is 9.52 Å². The van der Waals surface area contributed by atoms with Crippen LogP contribution in [-0.4, -0.2) is 10.1 Å². The van der Waals surface area contributed by atoms with Crippen molar-refractivity contribution in [1.82, 2.24) is 10.3 Å². The molecule has 21 heavy (non-hydrogen) atoms. The van der Waals surface area contributed by atoms with Crippen LogP contribution in [0.1, 0.15) is 60.4 Å². The Labute approximate surface area is 124 Å². The molecule has 0 bridgehead atoms.